The molecule has 0 aliphatic heterocycles. The number of rotatable bonds is 6. The van der Waals surface area contributed by atoms with E-state index < -0.39 is 11.7 Å². The summed E-state index contributed by atoms with van der Waals surface area (Å²) in [6.45, 7) is 8.18. The van der Waals surface area contributed by atoms with E-state index in [1.807, 2.05) is 12.1 Å². The standard InChI is InChI=1S/C13H19ClF3N3.C6H8N2/c1-12(2,3)20-6-4-5-18-11-10(14)7-9(8-19-11)13(15,16)17;7-5-6-1-3-8-4-2-6/h7-8,20H,4-6H2,1-3H3,(H,18,19);1-4H,5,7H2. The van der Waals surface area contributed by atoms with E-state index in [1.165, 1.54) is 0 Å². The topological polar surface area (TPSA) is 75.9 Å². The molecule has 0 atom stereocenters. The lowest BCUT2D eigenvalue weighted by atomic mass is 10.1. The molecule has 0 bridgehead atoms. The lowest BCUT2D eigenvalue weighted by Crippen LogP contribution is -2.36. The summed E-state index contributed by atoms with van der Waals surface area (Å²) < 4.78 is 37.3. The van der Waals surface area contributed by atoms with Crippen molar-refractivity contribution in [2.24, 2.45) is 5.73 Å². The maximum absolute atomic E-state index is 12.4. The number of nitrogens with zero attached hydrogens (tertiary/aromatic N) is 2. The van der Waals surface area contributed by atoms with Gasteiger partial charge in [0.1, 0.15) is 5.82 Å². The van der Waals surface area contributed by atoms with E-state index in [0.717, 1.165) is 30.8 Å². The minimum absolute atomic E-state index is 0.0244. The normalized spacial score (nSPS) is 11.6. The quantitative estimate of drug-likeness (QED) is 0.604. The van der Waals surface area contributed by atoms with Gasteiger partial charge < -0.3 is 16.4 Å². The van der Waals surface area contributed by atoms with Gasteiger partial charge in [-0.2, -0.15) is 13.2 Å². The van der Waals surface area contributed by atoms with Crippen LogP contribution in [0.1, 0.15) is 38.3 Å². The van der Waals surface area contributed by atoms with Crippen LogP contribution in [0.3, 0.4) is 0 Å². The van der Waals surface area contributed by atoms with E-state index in [0.29, 0.717) is 13.1 Å². The molecule has 0 amide bonds. The Morgan fingerprint density at radius 2 is 1.75 bits per heavy atom. The number of nitrogens with one attached hydrogen (secondary N) is 2. The number of alkyl halides is 3. The Bertz CT molecular complexity index is 703. The SMILES string of the molecule is CC(C)(C)NCCCNc1ncc(C(F)(F)F)cc1Cl.NCc1ccncc1. The first-order chi connectivity index (χ1) is 13.0. The second-order valence-electron chi connectivity index (χ2n) is 7.07. The van der Waals surface area contributed by atoms with E-state index in [4.69, 9.17) is 17.3 Å². The van der Waals surface area contributed by atoms with Crippen LogP contribution in [0.2, 0.25) is 5.02 Å². The van der Waals surface area contributed by atoms with E-state index >= 15 is 0 Å². The molecule has 0 spiro atoms. The van der Waals surface area contributed by atoms with Crippen molar-refractivity contribution in [1.29, 1.82) is 0 Å². The second-order valence-corrected chi connectivity index (χ2v) is 7.48. The van der Waals surface area contributed by atoms with Gasteiger partial charge in [-0.3, -0.25) is 4.98 Å². The van der Waals surface area contributed by atoms with Gasteiger partial charge in [0.25, 0.3) is 0 Å². The second kappa shape index (κ2) is 11.2. The molecule has 2 rings (SSSR count). The highest BCUT2D eigenvalue weighted by Gasteiger charge is 2.31. The van der Waals surface area contributed by atoms with Gasteiger partial charge in [0.05, 0.1) is 10.6 Å². The fourth-order valence-corrected chi connectivity index (χ4v) is 2.23. The maximum atomic E-state index is 12.4. The van der Waals surface area contributed by atoms with Gasteiger partial charge >= 0.3 is 6.18 Å². The predicted molar refractivity (Wildman–Crippen MR) is 107 cm³/mol. The van der Waals surface area contributed by atoms with Crippen LogP contribution in [0.25, 0.3) is 0 Å². The number of pyridine rings is 2. The third-order valence-corrected chi connectivity index (χ3v) is 3.74. The van der Waals surface area contributed by atoms with Crippen LogP contribution in [-0.4, -0.2) is 28.6 Å². The van der Waals surface area contributed by atoms with Crippen LogP contribution < -0.4 is 16.4 Å². The fraction of sp³-hybridized carbons (Fsp3) is 0.474. The molecular weight excluding hydrogens is 391 g/mol. The lowest BCUT2D eigenvalue weighted by Gasteiger charge is -2.20. The molecule has 0 saturated carbocycles. The van der Waals surface area contributed by atoms with Crippen LogP contribution in [-0.2, 0) is 12.7 Å². The van der Waals surface area contributed by atoms with Gasteiger partial charge in [-0.15, -0.1) is 0 Å². The molecule has 0 fully saturated rings. The molecule has 9 heteroatoms. The van der Waals surface area contributed by atoms with E-state index in [1.54, 1.807) is 12.4 Å². The van der Waals surface area contributed by atoms with Gasteiger partial charge in [-0.1, -0.05) is 11.6 Å². The highest BCUT2D eigenvalue weighted by molar-refractivity contribution is 6.32. The first-order valence-corrected chi connectivity index (χ1v) is 9.21. The molecule has 2 aromatic rings. The summed E-state index contributed by atoms with van der Waals surface area (Å²) in [6.07, 6.45) is 0.647. The number of hydrogen-bond acceptors (Lipinski definition) is 5. The van der Waals surface area contributed by atoms with Crippen LogP contribution in [0.15, 0.2) is 36.8 Å². The number of anilines is 1. The zero-order chi connectivity index (χ0) is 21.2. The largest absolute Gasteiger partial charge is 0.417 e. The summed E-state index contributed by atoms with van der Waals surface area (Å²) in [7, 11) is 0. The minimum atomic E-state index is -4.42. The Morgan fingerprint density at radius 1 is 1.11 bits per heavy atom. The molecule has 4 N–H and O–H groups in total. The van der Waals surface area contributed by atoms with Gasteiger partial charge in [0, 0.05) is 37.2 Å². The zero-order valence-corrected chi connectivity index (χ0v) is 17.0. The molecule has 2 heterocycles. The first kappa shape index (κ1) is 24.1. The van der Waals surface area contributed by atoms with Gasteiger partial charge in [-0.25, -0.2) is 4.98 Å². The van der Waals surface area contributed by atoms with Crippen LogP contribution in [0.5, 0.6) is 0 Å². The predicted octanol–water partition coefficient (Wildman–Crippen LogP) is 4.48. The van der Waals surface area contributed by atoms with Gasteiger partial charge in [0.15, 0.2) is 0 Å². The minimum Gasteiger partial charge on any atom is -0.369 e. The lowest BCUT2D eigenvalue weighted by molar-refractivity contribution is -0.137. The summed E-state index contributed by atoms with van der Waals surface area (Å²) in [4.78, 5) is 7.55. The highest BCUT2D eigenvalue weighted by Crippen LogP contribution is 2.32. The summed E-state index contributed by atoms with van der Waals surface area (Å²) in [5.41, 5.74) is 5.65. The molecule has 0 aliphatic rings. The number of aromatic nitrogens is 2. The molecule has 5 nitrogen and oxygen atoms in total. The van der Waals surface area contributed by atoms with E-state index in [2.05, 4.69) is 41.4 Å². The highest BCUT2D eigenvalue weighted by atomic mass is 35.5. The summed E-state index contributed by atoms with van der Waals surface area (Å²) in [5.74, 6) is 0.274. The summed E-state index contributed by atoms with van der Waals surface area (Å²) in [6, 6.07) is 4.68. The number of hydrogen-bond donors (Lipinski definition) is 3. The Balaban J connectivity index is 0.000000406. The van der Waals surface area contributed by atoms with Gasteiger partial charge in [0.2, 0.25) is 0 Å². The molecular formula is C19H27ClF3N5. The molecule has 156 valence electrons. The van der Waals surface area contributed by atoms with Crippen molar-refractivity contribution >= 4 is 17.4 Å². The molecule has 0 aromatic carbocycles. The van der Waals surface area contributed by atoms with Crippen LogP contribution in [0.4, 0.5) is 19.0 Å². The Labute approximate surface area is 168 Å². The van der Waals surface area contributed by atoms with Crippen LogP contribution >= 0.6 is 11.6 Å². The van der Waals surface area contributed by atoms with E-state index in [-0.39, 0.29) is 16.4 Å². The average Bonchev–Trinajstić information content (AvgIpc) is 2.62. The average molecular weight is 418 g/mol. The van der Waals surface area contributed by atoms with Crippen molar-refractivity contribution in [2.45, 2.75) is 45.5 Å². The molecule has 0 aliphatic carbocycles. The number of halogens is 4. The summed E-state index contributed by atoms with van der Waals surface area (Å²) >= 11 is 5.78. The Kier molecular flexibility index (Phi) is 9.64. The van der Waals surface area contributed by atoms with Crippen molar-refractivity contribution in [3.8, 4) is 0 Å². The first-order valence-electron chi connectivity index (χ1n) is 8.83. The van der Waals surface area contributed by atoms with Crippen molar-refractivity contribution in [3.05, 3.63) is 52.9 Å². The third kappa shape index (κ3) is 9.87. The maximum Gasteiger partial charge on any atom is 0.417 e. The fourth-order valence-electron chi connectivity index (χ4n) is 2.00. The molecule has 2 aromatic heterocycles. The van der Waals surface area contributed by atoms with Crippen molar-refractivity contribution < 1.29 is 13.2 Å². The zero-order valence-electron chi connectivity index (χ0n) is 16.3. The molecule has 0 radical (unpaired) electrons. The summed E-state index contributed by atoms with van der Waals surface area (Å²) in [5, 5.41) is 6.21. The Morgan fingerprint density at radius 3 is 2.21 bits per heavy atom. The monoisotopic (exact) mass is 417 g/mol. The third-order valence-electron chi connectivity index (χ3n) is 3.45. The van der Waals surface area contributed by atoms with Crippen LogP contribution in [0, 0.1) is 0 Å². The van der Waals surface area contributed by atoms with E-state index in [9.17, 15) is 13.2 Å². The molecule has 0 saturated heterocycles. The smallest absolute Gasteiger partial charge is 0.369 e. The molecule has 28 heavy (non-hydrogen) atoms. The van der Waals surface area contributed by atoms with Crippen molar-refractivity contribution in [2.75, 3.05) is 18.4 Å². The Hall–Kier alpha value is -1.90. The number of nitrogens with two attached hydrogens (primary N) is 1. The van der Waals surface area contributed by atoms with Crippen molar-refractivity contribution in [3.63, 3.8) is 0 Å². The van der Waals surface area contributed by atoms with Gasteiger partial charge in [-0.05, 0) is 57.5 Å². The molecule has 0 unspecified atom stereocenters. The van der Waals surface area contributed by atoms with Crippen molar-refractivity contribution in [1.82, 2.24) is 15.3 Å².